The molecule has 0 bridgehead atoms. The molecular weight excluding hydrogens is 178 g/mol. The monoisotopic (exact) mass is 193 g/mol. The minimum atomic E-state index is -0.215. The van der Waals surface area contributed by atoms with Gasteiger partial charge in [-0.3, -0.25) is 4.79 Å². The van der Waals surface area contributed by atoms with Crippen molar-refractivity contribution >= 4 is 18.4 Å². The molecule has 1 aliphatic rings. The lowest BCUT2D eigenvalue weighted by Crippen LogP contribution is -2.40. The van der Waals surface area contributed by atoms with Crippen LogP contribution >= 0.6 is 12.4 Å². The Bertz CT molecular complexity index is 152. The largest absolute Gasteiger partial charge is 0.461 e. The second kappa shape index (κ2) is 5.38. The highest BCUT2D eigenvalue weighted by Crippen LogP contribution is 2.19. The van der Waals surface area contributed by atoms with Crippen LogP contribution in [0.5, 0.6) is 0 Å². The van der Waals surface area contributed by atoms with E-state index in [0.717, 1.165) is 19.3 Å². The van der Waals surface area contributed by atoms with Crippen LogP contribution in [0.2, 0.25) is 0 Å². The minimum absolute atomic E-state index is 0. The van der Waals surface area contributed by atoms with Gasteiger partial charge in [0.15, 0.2) is 0 Å². The van der Waals surface area contributed by atoms with Crippen molar-refractivity contribution < 1.29 is 9.53 Å². The van der Waals surface area contributed by atoms with Crippen molar-refractivity contribution in [2.75, 3.05) is 0 Å². The third-order valence-corrected chi connectivity index (χ3v) is 2.07. The van der Waals surface area contributed by atoms with E-state index in [0.29, 0.717) is 0 Å². The number of carbonyl (C=O) groups is 1. The van der Waals surface area contributed by atoms with Gasteiger partial charge in [-0.05, 0) is 19.3 Å². The molecule has 0 aromatic heterocycles. The molecule has 0 spiro atoms. The topological polar surface area (TPSA) is 52.3 Å². The van der Waals surface area contributed by atoms with Gasteiger partial charge >= 0.3 is 5.97 Å². The fourth-order valence-corrected chi connectivity index (χ4v) is 1.49. The van der Waals surface area contributed by atoms with Crippen molar-refractivity contribution in [3.8, 4) is 0 Å². The zero-order valence-electron chi connectivity index (χ0n) is 7.29. The molecule has 0 unspecified atom stereocenters. The van der Waals surface area contributed by atoms with Gasteiger partial charge in [-0.25, -0.2) is 0 Å². The molecule has 2 atom stereocenters. The minimum Gasteiger partial charge on any atom is -0.461 e. The van der Waals surface area contributed by atoms with Gasteiger partial charge in [-0.1, -0.05) is 6.42 Å². The predicted octanol–water partition coefficient (Wildman–Crippen LogP) is 1.24. The fraction of sp³-hybridized carbons (Fsp3) is 0.875. The van der Waals surface area contributed by atoms with E-state index in [1.165, 1.54) is 13.3 Å². The van der Waals surface area contributed by atoms with Gasteiger partial charge < -0.3 is 10.5 Å². The van der Waals surface area contributed by atoms with Crippen LogP contribution in [0.1, 0.15) is 32.6 Å². The van der Waals surface area contributed by atoms with Crippen LogP contribution in [0.15, 0.2) is 0 Å². The lowest BCUT2D eigenvalue weighted by Gasteiger charge is -2.27. The normalized spacial score (nSPS) is 28.8. The second-order valence-corrected chi connectivity index (χ2v) is 3.10. The number of ether oxygens (including phenoxy) is 1. The molecule has 1 aliphatic carbocycles. The number of halogens is 1. The third kappa shape index (κ3) is 3.41. The molecule has 0 aromatic carbocycles. The Hall–Kier alpha value is -0.280. The number of hydrogen-bond donors (Lipinski definition) is 1. The third-order valence-electron chi connectivity index (χ3n) is 2.07. The molecule has 0 amide bonds. The summed E-state index contributed by atoms with van der Waals surface area (Å²) >= 11 is 0. The van der Waals surface area contributed by atoms with Crippen molar-refractivity contribution in [2.45, 2.75) is 44.8 Å². The van der Waals surface area contributed by atoms with Crippen molar-refractivity contribution in [3.05, 3.63) is 0 Å². The van der Waals surface area contributed by atoms with Crippen molar-refractivity contribution in [2.24, 2.45) is 5.73 Å². The smallest absolute Gasteiger partial charge is 0.302 e. The zero-order valence-corrected chi connectivity index (χ0v) is 8.10. The highest BCUT2D eigenvalue weighted by molar-refractivity contribution is 5.85. The summed E-state index contributed by atoms with van der Waals surface area (Å²) in [5, 5.41) is 0. The van der Waals surface area contributed by atoms with E-state index in [2.05, 4.69) is 0 Å². The average Bonchev–Trinajstić information content (AvgIpc) is 1.93. The quantitative estimate of drug-likeness (QED) is 0.638. The Morgan fingerprint density at radius 3 is 2.50 bits per heavy atom. The first-order chi connectivity index (χ1) is 5.20. The first-order valence-corrected chi connectivity index (χ1v) is 4.13. The molecule has 0 aliphatic heterocycles. The Morgan fingerprint density at radius 2 is 2.00 bits per heavy atom. The molecule has 0 heterocycles. The molecule has 1 rings (SSSR count). The van der Waals surface area contributed by atoms with Crippen LogP contribution in [-0.2, 0) is 9.53 Å². The van der Waals surface area contributed by atoms with Gasteiger partial charge in [0, 0.05) is 13.0 Å². The molecule has 72 valence electrons. The van der Waals surface area contributed by atoms with E-state index in [1.807, 2.05) is 0 Å². The predicted molar refractivity (Wildman–Crippen MR) is 49.2 cm³/mol. The van der Waals surface area contributed by atoms with Crippen LogP contribution in [-0.4, -0.2) is 18.1 Å². The first kappa shape index (κ1) is 11.7. The number of hydrogen-bond acceptors (Lipinski definition) is 3. The molecular formula is C8H16ClNO2. The van der Waals surface area contributed by atoms with Gasteiger partial charge in [0.25, 0.3) is 0 Å². The number of nitrogens with two attached hydrogens (primary N) is 1. The summed E-state index contributed by atoms with van der Waals surface area (Å²) in [6.45, 7) is 1.43. The van der Waals surface area contributed by atoms with E-state index in [1.54, 1.807) is 0 Å². The van der Waals surface area contributed by atoms with Gasteiger partial charge in [0.05, 0.1) is 0 Å². The molecule has 0 aromatic rings. The number of carbonyl (C=O) groups excluding carboxylic acids is 1. The van der Waals surface area contributed by atoms with Crippen LogP contribution < -0.4 is 5.73 Å². The standard InChI is InChI=1S/C8H15NO2.ClH/c1-6(10)11-8-5-3-2-4-7(8)9;/h7-8H,2-5,9H2,1H3;1H/t7-,8-;/m1./s1. The maximum atomic E-state index is 10.6. The van der Waals surface area contributed by atoms with Gasteiger partial charge in [-0.2, -0.15) is 0 Å². The molecule has 4 heteroatoms. The highest BCUT2D eigenvalue weighted by atomic mass is 35.5. The fourth-order valence-electron chi connectivity index (χ4n) is 1.49. The van der Waals surface area contributed by atoms with E-state index < -0.39 is 0 Å². The van der Waals surface area contributed by atoms with Crippen LogP contribution in [0, 0.1) is 0 Å². The highest BCUT2D eigenvalue weighted by Gasteiger charge is 2.23. The number of esters is 1. The van der Waals surface area contributed by atoms with E-state index >= 15 is 0 Å². The van der Waals surface area contributed by atoms with E-state index in [9.17, 15) is 4.79 Å². The molecule has 12 heavy (non-hydrogen) atoms. The maximum absolute atomic E-state index is 10.6. The van der Waals surface area contributed by atoms with Crippen LogP contribution in [0.3, 0.4) is 0 Å². The lowest BCUT2D eigenvalue weighted by atomic mass is 9.93. The molecule has 1 saturated carbocycles. The molecule has 0 radical (unpaired) electrons. The Morgan fingerprint density at radius 1 is 1.42 bits per heavy atom. The van der Waals surface area contributed by atoms with Crippen LogP contribution in [0.4, 0.5) is 0 Å². The summed E-state index contributed by atoms with van der Waals surface area (Å²) in [5.74, 6) is -0.215. The summed E-state index contributed by atoms with van der Waals surface area (Å²) in [6.07, 6.45) is 4.18. The summed E-state index contributed by atoms with van der Waals surface area (Å²) in [4.78, 5) is 10.6. The van der Waals surface area contributed by atoms with Crippen molar-refractivity contribution in [1.82, 2.24) is 0 Å². The van der Waals surface area contributed by atoms with Gasteiger partial charge in [0.2, 0.25) is 0 Å². The summed E-state index contributed by atoms with van der Waals surface area (Å²) < 4.78 is 5.04. The molecule has 1 fully saturated rings. The van der Waals surface area contributed by atoms with Crippen LogP contribution in [0.25, 0.3) is 0 Å². The van der Waals surface area contributed by atoms with Gasteiger partial charge in [0.1, 0.15) is 6.10 Å². The Kier molecular flexibility index (Phi) is 5.25. The number of rotatable bonds is 1. The Labute approximate surface area is 79.1 Å². The Balaban J connectivity index is 0.00000121. The molecule has 3 nitrogen and oxygen atoms in total. The van der Waals surface area contributed by atoms with Gasteiger partial charge in [-0.15, -0.1) is 12.4 Å². The first-order valence-electron chi connectivity index (χ1n) is 4.13. The summed E-state index contributed by atoms with van der Waals surface area (Å²) in [6, 6.07) is 0.0626. The van der Waals surface area contributed by atoms with E-state index in [4.69, 9.17) is 10.5 Å². The molecule has 2 N–H and O–H groups in total. The van der Waals surface area contributed by atoms with Crippen molar-refractivity contribution in [3.63, 3.8) is 0 Å². The zero-order chi connectivity index (χ0) is 8.27. The second-order valence-electron chi connectivity index (χ2n) is 3.10. The maximum Gasteiger partial charge on any atom is 0.302 e. The lowest BCUT2D eigenvalue weighted by molar-refractivity contribution is -0.148. The molecule has 0 saturated heterocycles. The average molecular weight is 194 g/mol. The SMILES string of the molecule is CC(=O)O[C@@H]1CCCC[C@H]1N.Cl. The van der Waals surface area contributed by atoms with Crippen molar-refractivity contribution in [1.29, 1.82) is 0 Å². The summed E-state index contributed by atoms with van der Waals surface area (Å²) in [7, 11) is 0. The summed E-state index contributed by atoms with van der Waals surface area (Å²) in [5.41, 5.74) is 5.75. The van der Waals surface area contributed by atoms with E-state index in [-0.39, 0.29) is 30.5 Å².